The second-order valence-corrected chi connectivity index (χ2v) is 2.19. The number of hydrogen-bond acceptors (Lipinski definition) is 3. The third kappa shape index (κ3) is 0.917. The summed E-state index contributed by atoms with van der Waals surface area (Å²) in [5.41, 5.74) is 0. The quantitative estimate of drug-likeness (QED) is 0.562. The Hall–Kier alpha value is -1.59. The number of amides is 2. The molecular weight excluding hydrogens is 146 g/mol. The van der Waals surface area contributed by atoms with Gasteiger partial charge in [0.05, 0.1) is 0 Å². The largest absolute Gasteiger partial charge is 0.336 e. The maximum absolute atomic E-state index is 11.0. The zero-order valence-corrected chi connectivity index (χ0v) is 5.74. The SMILES string of the molecule is O=C1NCCN1c1ncn[nH]1. The second-order valence-electron chi connectivity index (χ2n) is 2.19. The van der Waals surface area contributed by atoms with Crippen LogP contribution in [-0.4, -0.2) is 34.3 Å². The number of aromatic nitrogens is 3. The number of anilines is 1. The van der Waals surface area contributed by atoms with Crippen molar-refractivity contribution in [3.05, 3.63) is 6.33 Å². The van der Waals surface area contributed by atoms with Crippen LogP contribution in [-0.2, 0) is 0 Å². The molecule has 0 aliphatic carbocycles. The molecule has 0 aromatic carbocycles. The molecule has 2 amide bonds. The molecule has 1 aromatic rings. The summed E-state index contributed by atoms with van der Waals surface area (Å²) in [7, 11) is 0. The molecule has 2 heterocycles. The van der Waals surface area contributed by atoms with E-state index in [0.717, 1.165) is 0 Å². The van der Waals surface area contributed by atoms with Gasteiger partial charge in [-0.25, -0.2) is 9.89 Å². The Morgan fingerprint density at radius 1 is 1.64 bits per heavy atom. The number of nitrogens with zero attached hydrogens (tertiary/aromatic N) is 3. The summed E-state index contributed by atoms with van der Waals surface area (Å²) >= 11 is 0. The lowest BCUT2D eigenvalue weighted by Gasteiger charge is -2.07. The van der Waals surface area contributed by atoms with Gasteiger partial charge in [-0.1, -0.05) is 0 Å². The van der Waals surface area contributed by atoms with Gasteiger partial charge >= 0.3 is 6.03 Å². The molecule has 1 aromatic heterocycles. The van der Waals surface area contributed by atoms with Crippen LogP contribution in [0.5, 0.6) is 0 Å². The Morgan fingerprint density at radius 3 is 3.09 bits per heavy atom. The molecule has 2 N–H and O–H groups in total. The second kappa shape index (κ2) is 2.22. The molecule has 58 valence electrons. The third-order valence-electron chi connectivity index (χ3n) is 1.51. The molecule has 1 aliphatic heterocycles. The number of nitrogens with one attached hydrogen (secondary N) is 2. The van der Waals surface area contributed by atoms with Crippen molar-refractivity contribution in [2.45, 2.75) is 0 Å². The van der Waals surface area contributed by atoms with Crippen LogP contribution in [0.15, 0.2) is 6.33 Å². The Morgan fingerprint density at radius 2 is 2.55 bits per heavy atom. The van der Waals surface area contributed by atoms with Crippen LogP contribution in [0.2, 0.25) is 0 Å². The molecule has 1 aliphatic rings. The molecule has 0 radical (unpaired) electrons. The normalized spacial score (nSPS) is 17.1. The maximum atomic E-state index is 11.0. The summed E-state index contributed by atoms with van der Waals surface area (Å²) < 4.78 is 0. The van der Waals surface area contributed by atoms with Crippen molar-refractivity contribution in [2.24, 2.45) is 0 Å². The minimum Gasteiger partial charge on any atom is -0.336 e. The van der Waals surface area contributed by atoms with E-state index in [1.807, 2.05) is 0 Å². The van der Waals surface area contributed by atoms with Gasteiger partial charge in [-0.05, 0) is 0 Å². The zero-order valence-electron chi connectivity index (χ0n) is 5.74. The molecule has 1 fully saturated rings. The number of aromatic amines is 1. The average molecular weight is 153 g/mol. The average Bonchev–Trinajstić information content (AvgIpc) is 2.55. The predicted molar refractivity (Wildman–Crippen MR) is 37.1 cm³/mol. The molecule has 0 spiro atoms. The Balaban J connectivity index is 2.23. The summed E-state index contributed by atoms with van der Waals surface area (Å²) in [6, 6.07) is -0.123. The van der Waals surface area contributed by atoms with Gasteiger partial charge in [0.15, 0.2) is 0 Å². The van der Waals surface area contributed by atoms with Gasteiger partial charge in [0.1, 0.15) is 6.33 Å². The van der Waals surface area contributed by atoms with Crippen molar-refractivity contribution in [1.29, 1.82) is 0 Å². The first-order chi connectivity index (χ1) is 5.38. The van der Waals surface area contributed by atoms with Crippen molar-refractivity contribution < 1.29 is 4.79 Å². The Bertz CT molecular complexity index is 256. The summed E-state index contributed by atoms with van der Waals surface area (Å²) in [5.74, 6) is 0.500. The van der Waals surface area contributed by atoms with Crippen molar-refractivity contribution >= 4 is 12.0 Å². The minimum atomic E-state index is -0.123. The van der Waals surface area contributed by atoms with Crippen LogP contribution < -0.4 is 10.2 Å². The topological polar surface area (TPSA) is 73.9 Å². The van der Waals surface area contributed by atoms with Crippen molar-refractivity contribution in [3.63, 3.8) is 0 Å². The van der Waals surface area contributed by atoms with Crippen LogP contribution in [0.25, 0.3) is 0 Å². The smallest absolute Gasteiger partial charge is 0.324 e. The van der Waals surface area contributed by atoms with E-state index in [1.165, 1.54) is 11.2 Å². The number of carbonyl (C=O) groups is 1. The molecule has 0 saturated carbocycles. The number of hydrogen-bond donors (Lipinski definition) is 2. The van der Waals surface area contributed by atoms with E-state index in [2.05, 4.69) is 20.5 Å². The fourth-order valence-corrected chi connectivity index (χ4v) is 1.00. The third-order valence-corrected chi connectivity index (χ3v) is 1.51. The minimum absolute atomic E-state index is 0.123. The van der Waals surface area contributed by atoms with E-state index < -0.39 is 0 Å². The van der Waals surface area contributed by atoms with E-state index in [1.54, 1.807) is 0 Å². The van der Waals surface area contributed by atoms with Gasteiger partial charge < -0.3 is 5.32 Å². The first-order valence-electron chi connectivity index (χ1n) is 3.28. The van der Waals surface area contributed by atoms with E-state index in [4.69, 9.17) is 0 Å². The standard InChI is InChI=1S/C5H7N5O/c11-5-6-1-2-10(5)4-7-3-8-9-4/h3H,1-2H2,(H,6,11)(H,7,8,9). The lowest BCUT2D eigenvalue weighted by atomic mass is 10.6. The molecule has 6 nitrogen and oxygen atoms in total. The van der Waals surface area contributed by atoms with Crippen molar-refractivity contribution in [1.82, 2.24) is 20.5 Å². The Labute approximate surface area is 62.6 Å². The molecule has 1 saturated heterocycles. The number of urea groups is 1. The van der Waals surface area contributed by atoms with Crippen LogP contribution in [0, 0.1) is 0 Å². The lowest BCUT2D eigenvalue weighted by molar-refractivity contribution is 0.252. The fraction of sp³-hybridized carbons (Fsp3) is 0.400. The number of carbonyl (C=O) groups excluding carboxylic acids is 1. The zero-order chi connectivity index (χ0) is 7.68. The summed E-state index contributed by atoms with van der Waals surface area (Å²) in [5, 5.41) is 8.91. The van der Waals surface area contributed by atoms with E-state index in [-0.39, 0.29) is 6.03 Å². The lowest BCUT2D eigenvalue weighted by Crippen LogP contribution is -2.28. The maximum Gasteiger partial charge on any atom is 0.324 e. The molecule has 0 unspecified atom stereocenters. The van der Waals surface area contributed by atoms with E-state index in [0.29, 0.717) is 19.0 Å². The monoisotopic (exact) mass is 153 g/mol. The number of rotatable bonds is 1. The van der Waals surface area contributed by atoms with Gasteiger partial charge in [0, 0.05) is 13.1 Å². The van der Waals surface area contributed by atoms with E-state index in [9.17, 15) is 4.79 Å². The highest BCUT2D eigenvalue weighted by molar-refractivity contribution is 5.92. The predicted octanol–water partition coefficient (Wildman–Crippen LogP) is -0.666. The van der Waals surface area contributed by atoms with Crippen LogP contribution >= 0.6 is 0 Å². The Kier molecular flexibility index (Phi) is 1.24. The summed E-state index contributed by atoms with van der Waals surface area (Å²) in [6.45, 7) is 1.31. The van der Waals surface area contributed by atoms with Gasteiger partial charge in [-0.15, -0.1) is 0 Å². The van der Waals surface area contributed by atoms with Crippen LogP contribution in [0.3, 0.4) is 0 Å². The highest BCUT2D eigenvalue weighted by atomic mass is 16.2. The first kappa shape index (κ1) is 6.14. The van der Waals surface area contributed by atoms with Crippen molar-refractivity contribution in [2.75, 3.05) is 18.0 Å². The van der Waals surface area contributed by atoms with Gasteiger partial charge in [0.2, 0.25) is 5.95 Å². The molecule has 11 heavy (non-hydrogen) atoms. The van der Waals surface area contributed by atoms with E-state index >= 15 is 0 Å². The molecule has 6 heteroatoms. The number of H-pyrrole nitrogens is 1. The van der Waals surface area contributed by atoms with Crippen LogP contribution in [0.1, 0.15) is 0 Å². The van der Waals surface area contributed by atoms with Gasteiger partial charge in [0.25, 0.3) is 0 Å². The summed E-state index contributed by atoms with van der Waals surface area (Å²) in [6.07, 6.45) is 1.38. The highest BCUT2D eigenvalue weighted by Crippen LogP contribution is 2.06. The highest BCUT2D eigenvalue weighted by Gasteiger charge is 2.22. The molecular formula is C5H7N5O. The van der Waals surface area contributed by atoms with Gasteiger partial charge in [-0.2, -0.15) is 10.1 Å². The summed E-state index contributed by atoms with van der Waals surface area (Å²) in [4.78, 5) is 16.4. The first-order valence-corrected chi connectivity index (χ1v) is 3.28. The van der Waals surface area contributed by atoms with Crippen molar-refractivity contribution in [3.8, 4) is 0 Å². The molecule has 0 atom stereocenters. The van der Waals surface area contributed by atoms with Crippen LogP contribution in [0.4, 0.5) is 10.7 Å². The molecule has 0 bridgehead atoms. The fourth-order valence-electron chi connectivity index (χ4n) is 1.00. The van der Waals surface area contributed by atoms with Gasteiger partial charge in [-0.3, -0.25) is 4.90 Å². The molecule has 2 rings (SSSR count).